The molecule has 0 atom stereocenters. The highest BCUT2D eigenvalue weighted by atomic mass is 35.5. The van der Waals surface area contributed by atoms with Crippen molar-refractivity contribution in [2.75, 3.05) is 19.6 Å². The second-order valence-electron chi connectivity index (χ2n) is 3.63. The standard InChI is InChI=1S/C10H24N2.2ClH/c1-4-5-6-8-12(9-7-11)10(2)3;;/h10H,4-9,11H2,1-3H3;2*1H. The van der Waals surface area contributed by atoms with Crippen LogP contribution in [-0.2, 0) is 0 Å². The van der Waals surface area contributed by atoms with Crippen molar-refractivity contribution < 1.29 is 0 Å². The molecule has 0 fully saturated rings. The van der Waals surface area contributed by atoms with E-state index in [9.17, 15) is 0 Å². The lowest BCUT2D eigenvalue weighted by Crippen LogP contribution is -2.36. The molecule has 14 heavy (non-hydrogen) atoms. The van der Waals surface area contributed by atoms with Gasteiger partial charge in [-0.05, 0) is 26.8 Å². The van der Waals surface area contributed by atoms with Gasteiger partial charge in [-0.25, -0.2) is 0 Å². The zero-order chi connectivity index (χ0) is 9.40. The predicted molar refractivity (Wildman–Crippen MR) is 69.8 cm³/mol. The molecule has 0 amide bonds. The van der Waals surface area contributed by atoms with E-state index in [2.05, 4.69) is 25.7 Å². The monoisotopic (exact) mass is 244 g/mol. The van der Waals surface area contributed by atoms with Crippen LogP contribution >= 0.6 is 24.8 Å². The van der Waals surface area contributed by atoms with E-state index in [1.165, 1.54) is 25.8 Å². The van der Waals surface area contributed by atoms with Gasteiger partial charge in [0.1, 0.15) is 0 Å². The molecule has 0 aromatic carbocycles. The second kappa shape index (κ2) is 13.5. The number of nitrogens with two attached hydrogens (primary N) is 1. The molecule has 0 bridgehead atoms. The van der Waals surface area contributed by atoms with Crippen LogP contribution in [0.1, 0.15) is 40.0 Å². The number of rotatable bonds is 7. The fourth-order valence-electron chi connectivity index (χ4n) is 1.36. The molecule has 0 rings (SSSR count). The number of unbranched alkanes of at least 4 members (excludes halogenated alkanes) is 2. The summed E-state index contributed by atoms with van der Waals surface area (Å²) in [5.41, 5.74) is 5.53. The minimum Gasteiger partial charge on any atom is -0.329 e. The van der Waals surface area contributed by atoms with E-state index in [-0.39, 0.29) is 24.8 Å². The van der Waals surface area contributed by atoms with E-state index in [0.29, 0.717) is 6.04 Å². The summed E-state index contributed by atoms with van der Waals surface area (Å²) in [6.07, 6.45) is 3.96. The molecule has 2 N–H and O–H groups in total. The van der Waals surface area contributed by atoms with Crippen LogP contribution in [0.3, 0.4) is 0 Å². The lowest BCUT2D eigenvalue weighted by Gasteiger charge is -2.25. The molecule has 0 heterocycles. The summed E-state index contributed by atoms with van der Waals surface area (Å²) in [5, 5.41) is 0. The Labute approximate surface area is 101 Å². The fourth-order valence-corrected chi connectivity index (χ4v) is 1.36. The smallest absolute Gasteiger partial charge is 0.0107 e. The summed E-state index contributed by atoms with van der Waals surface area (Å²) in [5.74, 6) is 0. The van der Waals surface area contributed by atoms with Gasteiger partial charge >= 0.3 is 0 Å². The average molecular weight is 245 g/mol. The van der Waals surface area contributed by atoms with Gasteiger partial charge in [0.2, 0.25) is 0 Å². The van der Waals surface area contributed by atoms with Crippen molar-refractivity contribution in [1.29, 1.82) is 0 Å². The molecule has 0 radical (unpaired) electrons. The highest BCUT2D eigenvalue weighted by Crippen LogP contribution is 2.01. The summed E-state index contributed by atoms with van der Waals surface area (Å²) in [6.45, 7) is 9.75. The van der Waals surface area contributed by atoms with Gasteiger partial charge in [-0.15, -0.1) is 24.8 Å². The molecular formula is C10H26Cl2N2. The van der Waals surface area contributed by atoms with Crippen LogP contribution in [-0.4, -0.2) is 30.6 Å². The Morgan fingerprint density at radius 2 is 1.64 bits per heavy atom. The number of hydrogen-bond acceptors (Lipinski definition) is 2. The second-order valence-corrected chi connectivity index (χ2v) is 3.63. The van der Waals surface area contributed by atoms with Crippen molar-refractivity contribution in [3.05, 3.63) is 0 Å². The van der Waals surface area contributed by atoms with Crippen molar-refractivity contribution >= 4 is 24.8 Å². The lowest BCUT2D eigenvalue weighted by molar-refractivity contribution is 0.223. The van der Waals surface area contributed by atoms with Crippen molar-refractivity contribution in [1.82, 2.24) is 4.90 Å². The molecule has 4 heteroatoms. The van der Waals surface area contributed by atoms with E-state index in [1.54, 1.807) is 0 Å². The largest absolute Gasteiger partial charge is 0.329 e. The van der Waals surface area contributed by atoms with Gasteiger partial charge in [0, 0.05) is 19.1 Å². The predicted octanol–water partition coefficient (Wildman–Crippen LogP) is 2.69. The van der Waals surface area contributed by atoms with Crippen LogP contribution in [0.5, 0.6) is 0 Å². The molecule has 0 saturated carbocycles. The van der Waals surface area contributed by atoms with Crippen molar-refractivity contribution in [3.8, 4) is 0 Å². The van der Waals surface area contributed by atoms with Gasteiger partial charge in [0.15, 0.2) is 0 Å². The molecule has 90 valence electrons. The SMILES string of the molecule is CCCCCN(CCN)C(C)C.Cl.Cl. The Hall–Kier alpha value is 0.500. The van der Waals surface area contributed by atoms with E-state index in [4.69, 9.17) is 5.73 Å². The Kier molecular flexibility index (Phi) is 19.3. The van der Waals surface area contributed by atoms with Crippen molar-refractivity contribution in [2.24, 2.45) is 5.73 Å². The number of hydrogen-bond donors (Lipinski definition) is 1. The third-order valence-electron chi connectivity index (χ3n) is 2.20. The van der Waals surface area contributed by atoms with Crippen LogP contribution in [0, 0.1) is 0 Å². The highest BCUT2D eigenvalue weighted by molar-refractivity contribution is 5.85. The summed E-state index contributed by atoms with van der Waals surface area (Å²) in [6, 6.07) is 0.644. The first-order valence-electron chi connectivity index (χ1n) is 5.16. The number of halogens is 2. The fraction of sp³-hybridized carbons (Fsp3) is 1.00. The molecule has 2 nitrogen and oxygen atoms in total. The van der Waals surface area contributed by atoms with Gasteiger partial charge in [0.25, 0.3) is 0 Å². The van der Waals surface area contributed by atoms with Crippen LogP contribution < -0.4 is 5.73 Å². The summed E-state index contributed by atoms with van der Waals surface area (Å²) >= 11 is 0. The van der Waals surface area contributed by atoms with Crippen LogP contribution in [0.2, 0.25) is 0 Å². The maximum Gasteiger partial charge on any atom is 0.0107 e. The van der Waals surface area contributed by atoms with E-state index < -0.39 is 0 Å². The van der Waals surface area contributed by atoms with E-state index in [1.807, 2.05) is 0 Å². The Balaban J connectivity index is -0.000000605. The van der Waals surface area contributed by atoms with Gasteiger partial charge in [-0.3, -0.25) is 4.90 Å². The Bertz CT molecular complexity index is 100. The topological polar surface area (TPSA) is 29.3 Å². The summed E-state index contributed by atoms with van der Waals surface area (Å²) < 4.78 is 0. The third-order valence-corrected chi connectivity index (χ3v) is 2.20. The molecular weight excluding hydrogens is 219 g/mol. The molecule has 0 unspecified atom stereocenters. The van der Waals surface area contributed by atoms with Crippen LogP contribution in [0.25, 0.3) is 0 Å². The van der Waals surface area contributed by atoms with Gasteiger partial charge < -0.3 is 5.73 Å². The third kappa shape index (κ3) is 10.6. The first kappa shape index (κ1) is 20.0. The minimum atomic E-state index is 0. The van der Waals surface area contributed by atoms with Gasteiger partial charge in [-0.2, -0.15) is 0 Å². The maximum absolute atomic E-state index is 5.53. The van der Waals surface area contributed by atoms with Crippen molar-refractivity contribution in [3.63, 3.8) is 0 Å². The first-order chi connectivity index (χ1) is 5.72. The Morgan fingerprint density at radius 1 is 1.07 bits per heavy atom. The Morgan fingerprint density at radius 3 is 2.00 bits per heavy atom. The molecule has 0 aromatic rings. The highest BCUT2D eigenvalue weighted by Gasteiger charge is 2.06. The van der Waals surface area contributed by atoms with Gasteiger partial charge in [-0.1, -0.05) is 19.8 Å². The molecule has 0 saturated heterocycles. The molecule has 0 aliphatic heterocycles. The lowest BCUT2D eigenvalue weighted by atomic mass is 10.2. The van der Waals surface area contributed by atoms with E-state index in [0.717, 1.165) is 13.1 Å². The first-order valence-corrected chi connectivity index (χ1v) is 5.16. The zero-order valence-corrected chi connectivity index (χ0v) is 11.3. The maximum atomic E-state index is 5.53. The summed E-state index contributed by atoms with van der Waals surface area (Å²) in [4.78, 5) is 2.45. The normalized spacial score (nSPS) is 9.86. The summed E-state index contributed by atoms with van der Waals surface area (Å²) in [7, 11) is 0. The van der Waals surface area contributed by atoms with Crippen LogP contribution in [0.4, 0.5) is 0 Å². The van der Waals surface area contributed by atoms with Gasteiger partial charge in [0.05, 0.1) is 0 Å². The zero-order valence-electron chi connectivity index (χ0n) is 9.66. The van der Waals surface area contributed by atoms with E-state index >= 15 is 0 Å². The minimum absolute atomic E-state index is 0. The molecule has 0 spiro atoms. The number of nitrogens with zero attached hydrogens (tertiary/aromatic N) is 1. The quantitative estimate of drug-likeness (QED) is 0.699. The molecule has 0 aliphatic rings. The molecule has 0 aromatic heterocycles. The molecule has 0 aliphatic carbocycles. The average Bonchev–Trinajstić information content (AvgIpc) is 2.03. The van der Waals surface area contributed by atoms with Crippen molar-refractivity contribution in [2.45, 2.75) is 46.1 Å². The van der Waals surface area contributed by atoms with Crippen LogP contribution in [0.15, 0.2) is 0 Å².